The van der Waals surface area contributed by atoms with Crippen LogP contribution >= 0.6 is 0 Å². The summed E-state index contributed by atoms with van der Waals surface area (Å²) >= 11 is 0. The number of hydrogen-bond acceptors (Lipinski definition) is 5. The minimum atomic E-state index is -0.394. The van der Waals surface area contributed by atoms with Crippen molar-refractivity contribution in [2.45, 2.75) is 12.8 Å². The molecule has 4 rings (SSSR count). The maximum absolute atomic E-state index is 13.0. The van der Waals surface area contributed by atoms with Gasteiger partial charge in [0.15, 0.2) is 0 Å². The first-order chi connectivity index (χ1) is 14.2. The summed E-state index contributed by atoms with van der Waals surface area (Å²) in [5.41, 5.74) is 4.47. The van der Waals surface area contributed by atoms with E-state index < -0.39 is 5.97 Å². The predicted octanol–water partition coefficient (Wildman–Crippen LogP) is 4.20. The van der Waals surface area contributed by atoms with Crippen LogP contribution in [0.2, 0.25) is 0 Å². The van der Waals surface area contributed by atoms with Gasteiger partial charge in [-0.1, -0.05) is 24.3 Å². The third-order valence-electron chi connectivity index (χ3n) is 4.91. The molecule has 1 amide bonds. The number of nitrogens with zero attached hydrogens (tertiary/aromatic N) is 2. The Kier molecular flexibility index (Phi) is 5.24. The van der Waals surface area contributed by atoms with E-state index in [1.165, 1.54) is 12.7 Å². The van der Waals surface area contributed by atoms with Crippen molar-refractivity contribution in [2.75, 3.05) is 23.9 Å². The van der Waals surface area contributed by atoms with Crippen LogP contribution in [-0.2, 0) is 11.2 Å². The van der Waals surface area contributed by atoms with Crippen molar-refractivity contribution in [1.82, 2.24) is 4.98 Å². The van der Waals surface area contributed by atoms with Crippen LogP contribution in [0.1, 0.15) is 32.8 Å². The molecule has 6 heteroatoms. The maximum Gasteiger partial charge on any atom is 0.337 e. The number of rotatable bonds is 4. The summed E-state index contributed by atoms with van der Waals surface area (Å²) in [5, 5.41) is 3.19. The van der Waals surface area contributed by atoms with Crippen molar-refractivity contribution >= 4 is 28.9 Å². The fraction of sp³-hybridized carbons (Fsp3) is 0.174. The van der Waals surface area contributed by atoms with Crippen LogP contribution in [0.25, 0.3) is 0 Å². The molecule has 146 valence electrons. The van der Waals surface area contributed by atoms with Gasteiger partial charge in [-0.25, -0.2) is 9.78 Å². The largest absolute Gasteiger partial charge is 0.465 e. The summed E-state index contributed by atoms with van der Waals surface area (Å²) in [6.07, 6.45) is 3.55. The van der Waals surface area contributed by atoms with Gasteiger partial charge in [0.05, 0.1) is 24.6 Å². The topological polar surface area (TPSA) is 71.5 Å². The van der Waals surface area contributed by atoms with Crippen LogP contribution in [0.5, 0.6) is 0 Å². The molecule has 0 saturated carbocycles. The lowest BCUT2D eigenvalue weighted by Gasteiger charge is -2.29. The zero-order chi connectivity index (χ0) is 20.2. The number of fused-ring (bicyclic) bond motifs is 1. The Morgan fingerprint density at radius 3 is 2.69 bits per heavy atom. The third kappa shape index (κ3) is 3.96. The first-order valence-corrected chi connectivity index (χ1v) is 9.47. The van der Waals surface area contributed by atoms with Gasteiger partial charge in [0.2, 0.25) is 0 Å². The highest BCUT2D eigenvalue weighted by molar-refractivity contribution is 6.05. The smallest absolute Gasteiger partial charge is 0.337 e. The van der Waals surface area contributed by atoms with Crippen molar-refractivity contribution in [3.8, 4) is 0 Å². The SMILES string of the molecule is COC(=O)c1cccc(Nc2ccc(C(=O)N3CCCc4ccccc43)nc2)c1. The lowest BCUT2D eigenvalue weighted by atomic mass is 10.0. The molecule has 29 heavy (non-hydrogen) atoms. The van der Waals surface area contributed by atoms with Crippen LogP contribution in [-0.4, -0.2) is 30.5 Å². The zero-order valence-electron chi connectivity index (χ0n) is 16.1. The summed E-state index contributed by atoms with van der Waals surface area (Å²) in [6, 6.07) is 18.5. The van der Waals surface area contributed by atoms with Crippen molar-refractivity contribution < 1.29 is 14.3 Å². The lowest BCUT2D eigenvalue weighted by Crippen LogP contribution is -2.35. The van der Waals surface area contributed by atoms with E-state index in [0.29, 0.717) is 17.8 Å². The van der Waals surface area contributed by atoms with Gasteiger partial charge in [0, 0.05) is 17.9 Å². The van der Waals surface area contributed by atoms with E-state index in [0.717, 1.165) is 29.9 Å². The summed E-state index contributed by atoms with van der Waals surface area (Å²) in [4.78, 5) is 30.8. The van der Waals surface area contributed by atoms with E-state index in [-0.39, 0.29) is 5.91 Å². The number of ether oxygens (including phenoxy) is 1. The summed E-state index contributed by atoms with van der Waals surface area (Å²) < 4.78 is 4.74. The van der Waals surface area contributed by atoms with Gasteiger partial charge in [-0.2, -0.15) is 0 Å². The van der Waals surface area contributed by atoms with Gasteiger partial charge in [-0.3, -0.25) is 4.79 Å². The predicted molar refractivity (Wildman–Crippen MR) is 112 cm³/mol. The molecule has 1 aliphatic rings. The number of nitrogens with one attached hydrogen (secondary N) is 1. The molecule has 1 N–H and O–H groups in total. The number of para-hydroxylation sites is 1. The fourth-order valence-corrected chi connectivity index (χ4v) is 3.49. The van der Waals surface area contributed by atoms with Crippen LogP contribution in [0.15, 0.2) is 66.9 Å². The molecule has 3 aromatic rings. The number of carbonyl (C=O) groups is 2. The molecule has 0 aliphatic carbocycles. The number of hydrogen-bond donors (Lipinski definition) is 1. The van der Waals surface area contributed by atoms with Crippen LogP contribution in [0, 0.1) is 0 Å². The second-order valence-corrected chi connectivity index (χ2v) is 6.82. The third-order valence-corrected chi connectivity index (χ3v) is 4.91. The highest BCUT2D eigenvalue weighted by atomic mass is 16.5. The number of benzene rings is 2. The number of pyridine rings is 1. The first-order valence-electron chi connectivity index (χ1n) is 9.47. The molecule has 0 atom stereocenters. The van der Waals surface area contributed by atoms with Gasteiger partial charge in [0.25, 0.3) is 5.91 Å². The van der Waals surface area contributed by atoms with E-state index >= 15 is 0 Å². The molecule has 2 aromatic carbocycles. The van der Waals surface area contributed by atoms with Gasteiger partial charge in [-0.15, -0.1) is 0 Å². The van der Waals surface area contributed by atoms with Crippen LogP contribution in [0.4, 0.5) is 17.1 Å². The first kappa shape index (κ1) is 18.7. The van der Waals surface area contributed by atoms with Crippen LogP contribution < -0.4 is 10.2 Å². The van der Waals surface area contributed by atoms with Gasteiger partial charge >= 0.3 is 5.97 Å². The highest BCUT2D eigenvalue weighted by Crippen LogP contribution is 2.28. The quantitative estimate of drug-likeness (QED) is 0.679. The minimum Gasteiger partial charge on any atom is -0.465 e. The Balaban J connectivity index is 1.50. The molecular weight excluding hydrogens is 366 g/mol. The number of methoxy groups -OCH3 is 1. The molecule has 1 aliphatic heterocycles. The molecule has 1 aromatic heterocycles. The number of aryl methyl sites for hydroxylation is 1. The maximum atomic E-state index is 13.0. The average molecular weight is 387 g/mol. The Morgan fingerprint density at radius 2 is 1.90 bits per heavy atom. The Hall–Kier alpha value is -3.67. The molecule has 0 radical (unpaired) electrons. The number of anilines is 3. The molecule has 0 bridgehead atoms. The molecule has 0 spiro atoms. The fourth-order valence-electron chi connectivity index (χ4n) is 3.49. The normalized spacial score (nSPS) is 12.8. The molecule has 0 unspecified atom stereocenters. The Morgan fingerprint density at radius 1 is 1.03 bits per heavy atom. The van der Waals surface area contributed by atoms with E-state index in [2.05, 4.69) is 16.4 Å². The second kappa shape index (κ2) is 8.14. The van der Waals surface area contributed by atoms with Crippen molar-refractivity contribution in [3.05, 3.63) is 83.7 Å². The van der Waals surface area contributed by atoms with Crippen molar-refractivity contribution in [2.24, 2.45) is 0 Å². The number of carbonyl (C=O) groups excluding carboxylic acids is 2. The molecular formula is C23H21N3O3. The molecule has 0 saturated heterocycles. The highest BCUT2D eigenvalue weighted by Gasteiger charge is 2.24. The van der Waals surface area contributed by atoms with Crippen molar-refractivity contribution in [1.29, 1.82) is 0 Å². The zero-order valence-corrected chi connectivity index (χ0v) is 16.1. The second-order valence-electron chi connectivity index (χ2n) is 6.82. The molecule has 2 heterocycles. The van der Waals surface area contributed by atoms with E-state index in [9.17, 15) is 9.59 Å². The monoisotopic (exact) mass is 387 g/mol. The minimum absolute atomic E-state index is 0.101. The summed E-state index contributed by atoms with van der Waals surface area (Å²) in [7, 11) is 1.35. The molecule has 0 fully saturated rings. The van der Waals surface area contributed by atoms with Crippen LogP contribution in [0.3, 0.4) is 0 Å². The Labute approximate surface area is 169 Å². The average Bonchev–Trinajstić information content (AvgIpc) is 2.78. The van der Waals surface area contributed by atoms with Gasteiger partial charge < -0.3 is 15.0 Å². The lowest BCUT2D eigenvalue weighted by molar-refractivity contribution is 0.0600. The van der Waals surface area contributed by atoms with Gasteiger partial charge in [0.1, 0.15) is 5.69 Å². The van der Waals surface area contributed by atoms with E-state index in [1.54, 1.807) is 41.4 Å². The van der Waals surface area contributed by atoms with E-state index in [4.69, 9.17) is 4.74 Å². The Bertz CT molecular complexity index is 1050. The molecule has 6 nitrogen and oxygen atoms in total. The number of amides is 1. The standard InChI is InChI=1S/C23H21N3O3/c1-29-23(28)17-7-4-9-18(14-17)25-19-11-12-20(24-15-19)22(27)26-13-5-8-16-6-2-3-10-21(16)26/h2-4,6-7,9-12,14-15,25H,5,8,13H2,1H3. The number of esters is 1. The van der Waals surface area contributed by atoms with Crippen molar-refractivity contribution in [3.63, 3.8) is 0 Å². The van der Waals surface area contributed by atoms with Gasteiger partial charge in [-0.05, 0) is 54.8 Å². The van der Waals surface area contributed by atoms with E-state index in [1.807, 2.05) is 24.3 Å². The number of aromatic nitrogens is 1. The summed E-state index contributed by atoms with van der Waals surface area (Å²) in [6.45, 7) is 0.692. The summed E-state index contributed by atoms with van der Waals surface area (Å²) in [5.74, 6) is -0.495.